The van der Waals surface area contributed by atoms with Crippen LogP contribution in [0.5, 0.6) is 0 Å². The summed E-state index contributed by atoms with van der Waals surface area (Å²) in [6.45, 7) is 9.78. The number of hydrogen-bond acceptors (Lipinski definition) is 3. The second-order valence-electron chi connectivity index (χ2n) is 4.91. The van der Waals surface area contributed by atoms with Crippen molar-refractivity contribution in [3.05, 3.63) is 17.5 Å². The minimum Gasteiger partial charge on any atom is -0.309 e. The smallest absolute Gasteiger partial charge is 0.0641 e. The topological polar surface area (TPSA) is 29.9 Å². The van der Waals surface area contributed by atoms with Gasteiger partial charge in [0.15, 0.2) is 0 Å². The molecule has 16 heavy (non-hydrogen) atoms. The van der Waals surface area contributed by atoms with Crippen LogP contribution < -0.4 is 5.32 Å². The van der Waals surface area contributed by atoms with Crippen molar-refractivity contribution in [3.8, 4) is 0 Å². The van der Waals surface area contributed by atoms with E-state index >= 15 is 0 Å². The van der Waals surface area contributed by atoms with Crippen molar-refractivity contribution in [2.24, 2.45) is 7.05 Å². The Morgan fingerprint density at radius 3 is 2.62 bits per heavy atom. The van der Waals surface area contributed by atoms with Gasteiger partial charge in [-0.15, -0.1) is 0 Å². The Balaban J connectivity index is 2.59. The van der Waals surface area contributed by atoms with Crippen molar-refractivity contribution in [2.45, 2.75) is 38.5 Å². The zero-order chi connectivity index (χ0) is 12.3. The van der Waals surface area contributed by atoms with Crippen LogP contribution in [0, 0.1) is 6.92 Å². The molecule has 1 atom stereocenters. The van der Waals surface area contributed by atoms with Crippen LogP contribution in [0.3, 0.4) is 0 Å². The fourth-order valence-corrected chi connectivity index (χ4v) is 1.85. The van der Waals surface area contributed by atoms with E-state index in [0.717, 1.165) is 12.2 Å². The minimum absolute atomic E-state index is 0.282. The van der Waals surface area contributed by atoms with Crippen LogP contribution >= 0.6 is 11.8 Å². The van der Waals surface area contributed by atoms with Crippen LogP contribution in [0.15, 0.2) is 6.20 Å². The van der Waals surface area contributed by atoms with Gasteiger partial charge in [0.05, 0.1) is 5.69 Å². The molecule has 0 aliphatic rings. The minimum atomic E-state index is 0.282. The third kappa shape index (κ3) is 3.52. The largest absolute Gasteiger partial charge is 0.309 e. The zero-order valence-electron chi connectivity index (χ0n) is 11.2. The molecule has 1 rings (SSSR count). The molecule has 0 aliphatic heterocycles. The van der Waals surface area contributed by atoms with Gasteiger partial charge in [-0.25, -0.2) is 0 Å². The van der Waals surface area contributed by atoms with Crippen LogP contribution in [0.4, 0.5) is 0 Å². The van der Waals surface area contributed by atoms with Crippen molar-refractivity contribution in [1.29, 1.82) is 0 Å². The van der Waals surface area contributed by atoms with E-state index < -0.39 is 0 Å². The second-order valence-corrected chi connectivity index (χ2v) is 6.42. The molecule has 4 heteroatoms. The number of rotatable bonds is 5. The van der Waals surface area contributed by atoms with Gasteiger partial charge in [-0.1, -0.05) is 0 Å². The summed E-state index contributed by atoms with van der Waals surface area (Å²) in [6.07, 6.45) is 4.25. The molecule has 1 unspecified atom stereocenters. The maximum Gasteiger partial charge on any atom is 0.0641 e. The Morgan fingerprint density at radius 2 is 2.19 bits per heavy atom. The highest BCUT2D eigenvalue weighted by molar-refractivity contribution is 7.99. The summed E-state index contributed by atoms with van der Waals surface area (Å²) in [6, 6.07) is 0.361. The van der Waals surface area contributed by atoms with E-state index in [1.165, 1.54) is 5.56 Å². The normalized spacial score (nSPS) is 14.1. The van der Waals surface area contributed by atoms with Crippen LogP contribution in [-0.4, -0.2) is 27.3 Å². The first-order valence-corrected chi connectivity index (χ1v) is 6.87. The van der Waals surface area contributed by atoms with Gasteiger partial charge in [0.25, 0.3) is 0 Å². The molecular weight excluding hydrogens is 218 g/mol. The van der Waals surface area contributed by atoms with E-state index in [2.05, 4.69) is 50.6 Å². The van der Waals surface area contributed by atoms with E-state index in [-0.39, 0.29) is 4.75 Å². The van der Waals surface area contributed by atoms with Gasteiger partial charge in [0.2, 0.25) is 0 Å². The van der Waals surface area contributed by atoms with E-state index in [0.29, 0.717) is 6.04 Å². The van der Waals surface area contributed by atoms with Gasteiger partial charge >= 0.3 is 0 Å². The van der Waals surface area contributed by atoms with Gasteiger partial charge in [0, 0.05) is 36.1 Å². The third-order valence-corrected chi connectivity index (χ3v) is 4.15. The van der Waals surface area contributed by atoms with Gasteiger partial charge < -0.3 is 5.32 Å². The summed E-state index contributed by atoms with van der Waals surface area (Å²) in [5.41, 5.74) is 2.41. The summed E-state index contributed by atoms with van der Waals surface area (Å²) in [4.78, 5) is 0. The van der Waals surface area contributed by atoms with Crippen LogP contribution in [0.2, 0.25) is 0 Å². The second kappa shape index (κ2) is 5.23. The zero-order valence-corrected chi connectivity index (χ0v) is 12.0. The molecule has 3 nitrogen and oxygen atoms in total. The molecule has 1 aromatic rings. The Morgan fingerprint density at radius 1 is 1.56 bits per heavy atom. The van der Waals surface area contributed by atoms with Crippen molar-refractivity contribution in [3.63, 3.8) is 0 Å². The van der Waals surface area contributed by atoms with Gasteiger partial charge in [0.1, 0.15) is 0 Å². The summed E-state index contributed by atoms with van der Waals surface area (Å²) in [5, 5.41) is 7.94. The predicted octanol–water partition coefficient (Wildman–Crippen LogP) is 2.52. The molecule has 0 aromatic carbocycles. The lowest BCUT2D eigenvalue weighted by molar-refractivity contribution is 0.521. The molecule has 0 saturated heterocycles. The molecule has 0 bridgehead atoms. The Bertz CT molecular complexity index is 344. The van der Waals surface area contributed by atoms with Gasteiger partial charge in [-0.3, -0.25) is 4.68 Å². The van der Waals surface area contributed by atoms with Crippen molar-refractivity contribution < 1.29 is 0 Å². The lowest BCUT2D eigenvalue weighted by atomic mass is 10.1. The first kappa shape index (κ1) is 13.6. The summed E-state index contributed by atoms with van der Waals surface area (Å²) >= 11 is 1.89. The van der Waals surface area contributed by atoms with E-state index in [1.807, 2.05) is 23.5 Å². The standard InChI is InChI=1S/C12H23N3S/c1-9(13-8-12(3,4)16-6)11-7-15(5)14-10(11)2/h7,9,13H,8H2,1-6H3. The number of aromatic nitrogens is 2. The molecule has 1 N–H and O–H groups in total. The first-order chi connectivity index (χ1) is 7.35. The highest BCUT2D eigenvalue weighted by atomic mass is 32.2. The van der Waals surface area contributed by atoms with Crippen LogP contribution in [0.25, 0.3) is 0 Å². The van der Waals surface area contributed by atoms with Crippen molar-refractivity contribution >= 4 is 11.8 Å². The van der Waals surface area contributed by atoms with Gasteiger partial charge in [-0.05, 0) is 34.0 Å². The molecule has 1 aromatic heterocycles. The molecule has 0 aliphatic carbocycles. The molecular formula is C12H23N3S. The number of nitrogens with one attached hydrogen (secondary N) is 1. The van der Waals surface area contributed by atoms with Gasteiger partial charge in [-0.2, -0.15) is 16.9 Å². The van der Waals surface area contributed by atoms with Crippen molar-refractivity contribution in [2.75, 3.05) is 12.8 Å². The summed E-state index contributed by atoms with van der Waals surface area (Å²) in [5.74, 6) is 0. The molecule has 0 saturated carbocycles. The van der Waals surface area contributed by atoms with E-state index in [1.54, 1.807) is 0 Å². The highest BCUT2D eigenvalue weighted by Gasteiger charge is 2.18. The molecule has 0 fully saturated rings. The van der Waals surface area contributed by atoms with Crippen molar-refractivity contribution in [1.82, 2.24) is 15.1 Å². The van der Waals surface area contributed by atoms with Crippen LogP contribution in [-0.2, 0) is 7.05 Å². The number of hydrogen-bond donors (Lipinski definition) is 1. The average molecular weight is 241 g/mol. The number of aryl methyl sites for hydroxylation is 2. The maximum absolute atomic E-state index is 4.37. The maximum atomic E-state index is 4.37. The predicted molar refractivity (Wildman–Crippen MR) is 72.0 cm³/mol. The molecule has 92 valence electrons. The fourth-order valence-electron chi connectivity index (χ4n) is 1.62. The SMILES string of the molecule is CSC(C)(C)CNC(C)c1cn(C)nc1C. The molecule has 0 spiro atoms. The number of nitrogens with zero attached hydrogens (tertiary/aromatic N) is 2. The highest BCUT2D eigenvalue weighted by Crippen LogP contribution is 2.22. The monoisotopic (exact) mass is 241 g/mol. The first-order valence-electron chi connectivity index (χ1n) is 5.64. The number of thioether (sulfide) groups is 1. The average Bonchev–Trinajstić information content (AvgIpc) is 2.54. The Labute approximate surface area is 103 Å². The Hall–Kier alpha value is -0.480. The van der Waals surface area contributed by atoms with E-state index in [9.17, 15) is 0 Å². The van der Waals surface area contributed by atoms with Crippen LogP contribution in [0.1, 0.15) is 38.1 Å². The quantitative estimate of drug-likeness (QED) is 0.859. The molecule has 0 amide bonds. The fraction of sp³-hybridized carbons (Fsp3) is 0.750. The third-order valence-electron chi connectivity index (χ3n) is 2.90. The Kier molecular flexibility index (Phi) is 4.44. The summed E-state index contributed by atoms with van der Waals surface area (Å²) in [7, 11) is 1.97. The molecule has 0 radical (unpaired) electrons. The lowest BCUT2D eigenvalue weighted by Gasteiger charge is -2.25. The molecule has 1 heterocycles. The summed E-state index contributed by atoms with van der Waals surface area (Å²) < 4.78 is 2.16. The lowest BCUT2D eigenvalue weighted by Crippen LogP contribution is -2.33. The van der Waals surface area contributed by atoms with E-state index in [4.69, 9.17) is 0 Å².